The molecule has 12 heteroatoms. The van der Waals surface area contributed by atoms with E-state index < -0.39 is 44.1 Å². The second-order valence-electron chi connectivity index (χ2n) is 13.1. The molecule has 2 aromatic carbocycles. The Balaban J connectivity index is 1.22. The van der Waals surface area contributed by atoms with Crippen molar-refractivity contribution in [2.24, 2.45) is 22.2 Å². The van der Waals surface area contributed by atoms with Crippen LogP contribution in [0, 0.1) is 23.1 Å². The molecule has 2 bridgehead atoms. The van der Waals surface area contributed by atoms with Gasteiger partial charge in [-0.2, -0.15) is 17.5 Å². The molecule has 7 rings (SSSR count). The number of nitrogens with zero attached hydrogens (tertiary/aromatic N) is 2. The first-order valence-electron chi connectivity index (χ1n) is 14.8. The van der Waals surface area contributed by atoms with Crippen LogP contribution in [0.4, 0.5) is 17.6 Å². The SMILES string of the molecule is CC(C)C1(C(=O)NCC2CCC2)CN=C(C23CC(N(Cc4ccc(C(F)(F)F)cc4)S(=O)(=O)c4ccc(F)cc4)(C2)C3)N1. The summed E-state index contributed by atoms with van der Waals surface area (Å²) in [6.07, 6.45) is 0.323. The zero-order chi connectivity index (χ0) is 30.8. The number of sulfonamides is 1. The van der Waals surface area contributed by atoms with Crippen LogP contribution in [0.5, 0.6) is 0 Å². The molecule has 232 valence electrons. The third kappa shape index (κ3) is 5.04. The fraction of sp³-hybridized carbons (Fsp3) is 0.548. The van der Waals surface area contributed by atoms with Gasteiger partial charge < -0.3 is 10.6 Å². The smallest absolute Gasteiger partial charge is 0.358 e. The standard InChI is InChI=1S/C31H36F4N4O3S/c1-20(2)30(27(40)36-14-21-4-3-5-21)19-37-26(38-30)28-16-29(17-28,18-28)39(43(41,42)25-12-10-24(32)11-13-25)15-22-6-8-23(9-7-22)31(33,34)35/h6-13,20-21H,3-5,14-19H2,1-2H3,(H,36,40)(H,37,38). The van der Waals surface area contributed by atoms with Crippen molar-refractivity contribution in [1.82, 2.24) is 14.9 Å². The molecule has 1 aliphatic heterocycles. The number of amidine groups is 1. The van der Waals surface area contributed by atoms with Crippen molar-refractivity contribution >= 4 is 21.8 Å². The first-order chi connectivity index (χ1) is 20.2. The van der Waals surface area contributed by atoms with E-state index in [2.05, 4.69) is 10.6 Å². The number of carbonyl (C=O) groups is 1. The number of benzene rings is 2. The molecule has 1 unspecified atom stereocenters. The predicted molar refractivity (Wildman–Crippen MR) is 153 cm³/mol. The van der Waals surface area contributed by atoms with Gasteiger partial charge in [0.2, 0.25) is 15.9 Å². The molecule has 0 aromatic heterocycles. The molecule has 0 radical (unpaired) electrons. The summed E-state index contributed by atoms with van der Waals surface area (Å²) >= 11 is 0. The third-order valence-electron chi connectivity index (χ3n) is 10.0. The topological polar surface area (TPSA) is 90.9 Å². The largest absolute Gasteiger partial charge is 0.416 e. The van der Waals surface area contributed by atoms with Gasteiger partial charge >= 0.3 is 6.18 Å². The maximum Gasteiger partial charge on any atom is 0.416 e. The van der Waals surface area contributed by atoms with Gasteiger partial charge in [0.25, 0.3) is 0 Å². The summed E-state index contributed by atoms with van der Waals surface area (Å²) in [5.41, 5.74) is -2.45. The van der Waals surface area contributed by atoms with Crippen molar-refractivity contribution in [3.8, 4) is 0 Å². The van der Waals surface area contributed by atoms with E-state index in [4.69, 9.17) is 4.99 Å². The summed E-state index contributed by atoms with van der Waals surface area (Å²) in [7, 11) is -4.13. The van der Waals surface area contributed by atoms with Crippen molar-refractivity contribution in [2.75, 3.05) is 13.1 Å². The Morgan fingerprint density at radius 3 is 2.23 bits per heavy atom. The summed E-state index contributed by atoms with van der Waals surface area (Å²) in [5.74, 6) is 0.554. The normalized spacial score (nSPS) is 28.5. The number of nitrogens with one attached hydrogen (secondary N) is 2. The molecule has 2 N–H and O–H groups in total. The number of aliphatic imine (C=N–C) groups is 1. The van der Waals surface area contributed by atoms with E-state index in [0.717, 1.165) is 42.9 Å². The summed E-state index contributed by atoms with van der Waals surface area (Å²) in [6.45, 7) is 4.79. The monoisotopic (exact) mass is 620 g/mol. The van der Waals surface area contributed by atoms with Crippen LogP contribution in [0.15, 0.2) is 58.4 Å². The van der Waals surface area contributed by atoms with Gasteiger partial charge in [-0.3, -0.25) is 9.79 Å². The first-order valence-corrected chi connectivity index (χ1v) is 16.2. The van der Waals surface area contributed by atoms with Crippen LogP contribution in [0.25, 0.3) is 0 Å². The molecule has 4 saturated carbocycles. The summed E-state index contributed by atoms with van der Waals surface area (Å²) < 4.78 is 82.3. The van der Waals surface area contributed by atoms with Crippen LogP contribution in [0.3, 0.4) is 0 Å². The Morgan fingerprint density at radius 1 is 1.07 bits per heavy atom. The number of rotatable bonds is 10. The van der Waals surface area contributed by atoms with Gasteiger partial charge in [0.15, 0.2) is 0 Å². The summed E-state index contributed by atoms with van der Waals surface area (Å²) in [6, 6.07) is 9.02. The second-order valence-corrected chi connectivity index (χ2v) is 15.0. The van der Waals surface area contributed by atoms with Crippen molar-refractivity contribution < 1.29 is 30.8 Å². The average Bonchev–Trinajstić information content (AvgIpc) is 3.32. The van der Waals surface area contributed by atoms with Crippen molar-refractivity contribution in [3.63, 3.8) is 0 Å². The molecule has 0 saturated heterocycles. The van der Waals surface area contributed by atoms with Crippen molar-refractivity contribution in [2.45, 2.75) is 81.1 Å². The van der Waals surface area contributed by atoms with E-state index in [1.54, 1.807) is 0 Å². The molecule has 2 aromatic rings. The second kappa shape index (κ2) is 10.3. The molecule has 4 fully saturated rings. The Morgan fingerprint density at radius 2 is 1.70 bits per heavy atom. The van der Waals surface area contributed by atoms with Gasteiger partial charge in [0.1, 0.15) is 17.2 Å². The molecule has 5 aliphatic rings. The van der Waals surface area contributed by atoms with Crippen LogP contribution in [0.1, 0.15) is 63.5 Å². The highest BCUT2D eigenvalue weighted by atomic mass is 32.2. The molecular weight excluding hydrogens is 584 g/mol. The maximum atomic E-state index is 13.9. The van der Waals surface area contributed by atoms with E-state index in [9.17, 15) is 30.8 Å². The van der Waals surface area contributed by atoms with E-state index >= 15 is 0 Å². The summed E-state index contributed by atoms with van der Waals surface area (Å²) in [4.78, 5) is 18.1. The van der Waals surface area contributed by atoms with Crippen LogP contribution < -0.4 is 10.6 Å². The molecule has 4 aliphatic carbocycles. The Bertz CT molecular complexity index is 1520. The highest BCUT2D eigenvalue weighted by Gasteiger charge is 2.75. The highest BCUT2D eigenvalue weighted by Crippen LogP contribution is 2.71. The lowest BCUT2D eigenvalue weighted by atomic mass is 9.38. The van der Waals surface area contributed by atoms with E-state index in [-0.39, 0.29) is 23.3 Å². The third-order valence-corrected chi connectivity index (χ3v) is 12.0. The zero-order valence-electron chi connectivity index (χ0n) is 24.2. The summed E-state index contributed by atoms with van der Waals surface area (Å²) in [5, 5.41) is 6.59. The lowest BCUT2D eigenvalue weighted by Crippen LogP contribution is -2.79. The first kappa shape index (κ1) is 30.1. The van der Waals surface area contributed by atoms with Gasteiger partial charge in [-0.1, -0.05) is 32.4 Å². The van der Waals surface area contributed by atoms with E-state index in [1.807, 2.05) is 13.8 Å². The van der Waals surface area contributed by atoms with Gasteiger partial charge in [0.05, 0.1) is 17.0 Å². The highest BCUT2D eigenvalue weighted by molar-refractivity contribution is 7.89. The Kier molecular flexibility index (Phi) is 7.19. The minimum absolute atomic E-state index is 0.0357. The van der Waals surface area contributed by atoms with Gasteiger partial charge in [-0.15, -0.1) is 0 Å². The van der Waals surface area contributed by atoms with Crippen LogP contribution in [0.2, 0.25) is 0 Å². The number of amides is 1. The number of halogens is 4. The molecule has 7 nitrogen and oxygen atoms in total. The van der Waals surface area contributed by atoms with Crippen molar-refractivity contribution in [1.29, 1.82) is 0 Å². The lowest BCUT2D eigenvalue weighted by Gasteiger charge is -2.73. The average molecular weight is 621 g/mol. The Labute approximate surface area is 249 Å². The van der Waals surface area contributed by atoms with Gasteiger partial charge in [-0.05, 0) is 85.9 Å². The van der Waals surface area contributed by atoms with Crippen LogP contribution >= 0.6 is 0 Å². The minimum Gasteiger partial charge on any atom is -0.358 e. The fourth-order valence-corrected chi connectivity index (χ4v) is 8.82. The number of alkyl halides is 3. The Hall–Kier alpha value is -2.99. The fourth-order valence-electron chi connectivity index (χ4n) is 7.06. The lowest BCUT2D eigenvalue weighted by molar-refractivity contribution is -0.151. The minimum atomic E-state index is -4.51. The maximum absolute atomic E-state index is 13.9. The zero-order valence-corrected chi connectivity index (χ0v) is 25.0. The molecule has 1 atom stereocenters. The van der Waals surface area contributed by atoms with Gasteiger partial charge in [-0.25, -0.2) is 12.8 Å². The molecule has 0 spiro atoms. The van der Waals surface area contributed by atoms with Crippen LogP contribution in [-0.2, 0) is 27.5 Å². The van der Waals surface area contributed by atoms with Gasteiger partial charge in [0, 0.05) is 24.0 Å². The van der Waals surface area contributed by atoms with Crippen molar-refractivity contribution in [3.05, 3.63) is 65.5 Å². The molecular formula is C31H36F4N4O3S. The quantitative estimate of drug-likeness (QED) is 0.354. The number of carbonyl (C=O) groups excluding carboxylic acids is 1. The van der Waals surface area contributed by atoms with E-state index in [0.29, 0.717) is 43.8 Å². The number of hydrogen-bond acceptors (Lipinski definition) is 5. The van der Waals surface area contributed by atoms with Crippen LogP contribution in [-0.4, -0.2) is 48.6 Å². The predicted octanol–water partition coefficient (Wildman–Crippen LogP) is 5.27. The molecule has 1 heterocycles. The molecule has 1 amide bonds. The number of hydrogen-bond donors (Lipinski definition) is 2. The molecule has 43 heavy (non-hydrogen) atoms. The van der Waals surface area contributed by atoms with E-state index in [1.165, 1.54) is 35.0 Å².